The molecule has 1 heterocycles. The maximum Gasteiger partial charge on any atom is 0.122 e. The van der Waals surface area contributed by atoms with Gasteiger partial charge in [0.15, 0.2) is 0 Å². The van der Waals surface area contributed by atoms with Crippen LogP contribution in [0.1, 0.15) is 16.8 Å². The van der Waals surface area contributed by atoms with Crippen molar-refractivity contribution < 1.29 is 5.11 Å². The van der Waals surface area contributed by atoms with Crippen LogP contribution in [0.2, 0.25) is 0 Å². The van der Waals surface area contributed by atoms with Crippen molar-refractivity contribution in [2.75, 3.05) is 0 Å². The van der Waals surface area contributed by atoms with Gasteiger partial charge in [0.1, 0.15) is 5.75 Å². The number of benzene rings is 1. The molecule has 68 valence electrons. The minimum Gasteiger partial charge on any atom is -0.507 e. The van der Waals surface area contributed by atoms with E-state index in [0.29, 0.717) is 5.75 Å². The van der Waals surface area contributed by atoms with Gasteiger partial charge in [-0.2, -0.15) is 0 Å². The smallest absolute Gasteiger partial charge is 0.122 e. The Balaban J connectivity index is 2.92. The highest BCUT2D eigenvalue weighted by atomic mass is 16.3. The van der Waals surface area contributed by atoms with E-state index in [1.165, 1.54) is 0 Å². The summed E-state index contributed by atoms with van der Waals surface area (Å²) in [5.74, 6) is 0.409. The van der Waals surface area contributed by atoms with E-state index in [1.54, 1.807) is 0 Å². The van der Waals surface area contributed by atoms with E-state index in [9.17, 15) is 5.11 Å². The molecule has 2 aromatic rings. The first-order chi connectivity index (χ1) is 6.09. The van der Waals surface area contributed by atoms with Crippen molar-refractivity contribution in [3.8, 4) is 5.75 Å². The predicted molar refractivity (Wildman–Crippen MR) is 54.2 cm³/mol. The van der Waals surface area contributed by atoms with Crippen LogP contribution in [0, 0.1) is 20.8 Å². The van der Waals surface area contributed by atoms with Gasteiger partial charge in [0.2, 0.25) is 0 Å². The van der Waals surface area contributed by atoms with Gasteiger partial charge in [-0.05, 0) is 38.5 Å². The third kappa shape index (κ3) is 1.10. The summed E-state index contributed by atoms with van der Waals surface area (Å²) in [6.07, 6.45) is 0. The van der Waals surface area contributed by atoms with Crippen molar-refractivity contribution >= 4 is 10.9 Å². The normalized spacial score (nSPS) is 11.0. The molecule has 2 N–H and O–H groups in total. The zero-order valence-corrected chi connectivity index (χ0v) is 8.10. The Bertz CT molecular complexity index is 468. The van der Waals surface area contributed by atoms with E-state index in [-0.39, 0.29) is 0 Å². The fourth-order valence-electron chi connectivity index (χ4n) is 1.74. The van der Waals surface area contributed by atoms with Gasteiger partial charge in [-0.15, -0.1) is 0 Å². The quantitative estimate of drug-likeness (QED) is 0.634. The van der Waals surface area contributed by atoms with Crippen molar-refractivity contribution in [1.82, 2.24) is 4.98 Å². The largest absolute Gasteiger partial charge is 0.507 e. The summed E-state index contributed by atoms with van der Waals surface area (Å²) in [6, 6.07) is 4.04. The van der Waals surface area contributed by atoms with Crippen LogP contribution >= 0.6 is 0 Å². The minimum absolute atomic E-state index is 0.409. The molecule has 1 aromatic heterocycles. The van der Waals surface area contributed by atoms with Gasteiger partial charge in [0.05, 0.1) is 0 Å². The molecule has 0 saturated heterocycles. The Morgan fingerprint density at radius 3 is 2.54 bits per heavy atom. The number of H-pyrrole nitrogens is 1. The number of rotatable bonds is 0. The second kappa shape index (κ2) is 2.52. The summed E-state index contributed by atoms with van der Waals surface area (Å²) < 4.78 is 0. The van der Waals surface area contributed by atoms with Crippen LogP contribution in [0.25, 0.3) is 10.9 Å². The Morgan fingerprint density at radius 2 is 1.85 bits per heavy atom. The molecular weight excluding hydrogens is 162 g/mol. The average Bonchev–Trinajstić information content (AvgIpc) is 2.42. The van der Waals surface area contributed by atoms with Crippen molar-refractivity contribution in [2.24, 2.45) is 0 Å². The highest BCUT2D eigenvalue weighted by Gasteiger charge is 2.07. The topological polar surface area (TPSA) is 36.0 Å². The molecule has 0 aliphatic rings. The zero-order valence-electron chi connectivity index (χ0n) is 8.10. The standard InChI is InChI=1S/C11H13NO/c1-6-4-10-9(5-7(2)12-10)8(3)11(6)13/h4-5,12-13H,1-3H3. The molecule has 0 bridgehead atoms. The number of hydrogen-bond acceptors (Lipinski definition) is 1. The van der Waals surface area contributed by atoms with Gasteiger partial charge in [0, 0.05) is 22.2 Å². The van der Waals surface area contributed by atoms with E-state index < -0.39 is 0 Å². The lowest BCUT2D eigenvalue weighted by Crippen LogP contribution is -1.81. The van der Waals surface area contributed by atoms with Crippen LogP contribution in [-0.4, -0.2) is 10.1 Å². The molecule has 0 spiro atoms. The number of phenolic OH excluding ortho intramolecular Hbond substituents is 1. The highest BCUT2D eigenvalue weighted by molar-refractivity contribution is 5.86. The zero-order chi connectivity index (χ0) is 9.59. The molecule has 2 nitrogen and oxygen atoms in total. The lowest BCUT2D eigenvalue weighted by molar-refractivity contribution is 0.468. The molecule has 2 rings (SSSR count). The molecule has 0 unspecified atom stereocenters. The van der Waals surface area contributed by atoms with Crippen molar-refractivity contribution in [1.29, 1.82) is 0 Å². The van der Waals surface area contributed by atoms with Crippen LogP contribution in [0.5, 0.6) is 5.75 Å². The van der Waals surface area contributed by atoms with Gasteiger partial charge in [0.25, 0.3) is 0 Å². The molecule has 1 aromatic carbocycles. The van der Waals surface area contributed by atoms with Gasteiger partial charge >= 0.3 is 0 Å². The Kier molecular flexibility index (Phi) is 1.59. The number of phenols is 1. The predicted octanol–water partition coefficient (Wildman–Crippen LogP) is 2.80. The molecule has 0 radical (unpaired) electrons. The first kappa shape index (κ1) is 8.17. The highest BCUT2D eigenvalue weighted by Crippen LogP contribution is 2.30. The number of aromatic nitrogens is 1. The first-order valence-electron chi connectivity index (χ1n) is 4.38. The number of aryl methyl sites for hydroxylation is 3. The number of aromatic amines is 1. The molecule has 0 saturated carbocycles. The van der Waals surface area contributed by atoms with Crippen LogP contribution in [0.15, 0.2) is 12.1 Å². The van der Waals surface area contributed by atoms with Crippen LogP contribution in [-0.2, 0) is 0 Å². The van der Waals surface area contributed by atoms with Gasteiger partial charge in [-0.1, -0.05) is 0 Å². The molecule has 13 heavy (non-hydrogen) atoms. The van der Waals surface area contributed by atoms with E-state index in [0.717, 1.165) is 27.7 Å². The molecule has 0 aliphatic carbocycles. The SMILES string of the molecule is Cc1cc2c(C)c(O)c(C)cc2[nH]1. The fraction of sp³-hybridized carbons (Fsp3) is 0.273. The van der Waals surface area contributed by atoms with Gasteiger partial charge < -0.3 is 10.1 Å². The molecular formula is C11H13NO. The van der Waals surface area contributed by atoms with E-state index in [4.69, 9.17) is 0 Å². The second-order valence-electron chi connectivity index (χ2n) is 3.58. The molecule has 0 amide bonds. The lowest BCUT2D eigenvalue weighted by Gasteiger charge is -2.03. The lowest BCUT2D eigenvalue weighted by atomic mass is 10.1. The Hall–Kier alpha value is -1.44. The van der Waals surface area contributed by atoms with E-state index >= 15 is 0 Å². The van der Waals surface area contributed by atoms with E-state index in [2.05, 4.69) is 11.1 Å². The molecule has 0 fully saturated rings. The summed E-state index contributed by atoms with van der Waals surface area (Å²) >= 11 is 0. The van der Waals surface area contributed by atoms with Gasteiger partial charge in [-0.3, -0.25) is 0 Å². The summed E-state index contributed by atoms with van der Waals surface area (Å²) in [4.78, 5) is 3.26. The number of hydrogen-bond donors (Lipinski definition) is 2. The number of aromatic hydroxyl groups is 1. The fourth-order valence-corrected chi connectivity index (χ4v) is 1.74. The average molecular weight is 175 g/mol. The number of fused-ring (bicyclic) bond motifs is 1. The summed E-state index contributed by atoms with van der Waals surface area (Å²) in [5.41, 5.74) is 4.11. The van der Waals surface area contributed by atoms with Crippen molar-refractivity contribution in [2.45, 2.75) is 20.8 Å². The summed E-state index contributed by atoms with van der Waals surface area (Å²) in [7, 11) is 0. The Morgan fingerprint density at radius 1 is 1.15 bits per heavy atom. The van der Waals surface area contributed by atoms with Crippen LogP contribution < -0.4 is 0 Å². The number of nitrogens with one attached hydrogen (secondary N) is 1. The minimum atomic E-state index is 0.409. The summed E-state index contributed by atoms with van der Waals surface area (Å²) in [5, 5.41) is 10.8. The maximum absolute atomic E-state index is 9.70. The molecule has 2 heteroatoms. The maximum atomic E-state index is 9.70. The van der Waals surface area contributed by atoms with Crippen LogP contribution in [0.3, 0.4) is 0 Å². The third-order valence-corrected chi connectivity index (χ3v) is 2.48. The Labute approximate surface area is 77.2 Å². The molecule has 0 atom stereocenters. The van der Waals surface area contributed by atoms with Gasteiger partial charge in [-0.25, -0.2) is 0 Å². The first-order valence-corrected chi connectivity index (χ1v) is 4.38. The second-order valence-corrected chi connectivity index (χ2v) is 3.58. The van der Waals surface area contributed by atoms with Crippen LogP contribution in [0.4, 0.5) is 0 Å². The van der Waals surface area contributed by atoms with Crippen molar-refractivity contribution in [3.05, 3.63) is 29.0 Å². The third-order valence-electron chi connectivity index (χ3n) is 2.48. The summed E-state index contributed by atoms with van der Waals surface area (Å²) in [6.45, 7) is 5.88. The van der Waals surface area contributed by atoms with Crippen molar-refractivity contribution in [3.63, 3.8) is 0 Å². The monoisotopic (exact) mass is 175 g/mol. The van der Waals surface area contributed by atoms with E-state index in [1.807, 2.05) is 26.8 Å². The molecule has 0 aliphatic heterocycles.